The van der Waals surface area contributed by atoms with Crippen LogP contribution in [0.5, 0.6) is 5.75 Å². The second-order valence-corrected chi connectivity index (χ2v) is 4.62. The number of hydrogen-bond donors (Lipinski definition) is 2. The van der Waals surface area contributed by atoms with Gasteiger partial charge in [0.2, 0.25) is 0 Å². The molecule has 100 valence electrons. The molecule has 5 heteroatoms. The third-order valence-corrected chi connectivity index (χ3v) is 3.49. The molecule has 3 N–H and O–H groups in total. The average molecular weight is 257 g/mol. The maximum Gasteiger partial charge on any atom is 0.387 e. The maximum absolute atomic E-state index is 12.3. The number of rotatable bonds is 5. The highest BCUT2D eigenvalue weighted by atomic mass is 19.3. The SMILES string of the molecule is N[C@H](c1ccccc1OC(F)F)[C@@H](O)C1CCC1. The first-order valence-corrected chi connectivity index (χ1v) is 6.07. The Balaban J connectivity index is 2.15. The molecule has 0 aromatic heterocycles. The van der Waals surface area contributed by atoms with Crippen molar-refractivity contribution in [3.05, 3.63) is 29.8 Å². The molecule has 1 fully saturated rings. The number of hydrogen-bond acceptors (Lipinski definition) is 3. The summed E-state index contributed by atoms with van der Waals surface area (Å²) in [7, 11) is 0. The minimum atomic E-state index is -2.89. The zero-order valence-corrected chi connectivity index (χ0v) is 9.93. The molecule has 0 bridgehead atoms. The average Bonchev–Trinajstić information content (AvgIpc) is 2.25. The predicted molar refractivity (Wildman–Crippen MR) is 63.4 cm³/mol. The largest absolute Gasteiger partial charge is 0.434 e. The lowest BCUT2D eigenvalue weighted by molar-refractivity contribution is -0.0515. The van der Waals surface area contributed by atoms with Gasteiger partial charge in [-0.3, -0.25) is 0 Å². The zero-order valence-electron chi connectivity index (χ0n) is 9.93. The van der Waals surface area contributed by atoms with Crippen LogP contribution in [0.2, 0.25) is 0 Å². The summed E-state index contributed by atoms with van der Waals surface area (Å²) in [4.78, 5) is 0. The fraction of sp³-hybridized carbons (Fsp3) is 0.538. The lowest BCUT2D eigenvalue weighted by atomic mass is 9.77. The van der Waals surface area contributed by atoms with Crippen LogP contribution < -0.4 is 10.5 Å². The van der Waals surface area contributed by atoms with Gasteiger partial charge in [0.05, 0.1) is 12.1 Å². The van der Waals surface area contributed by atoms with Crippen molar-refractivity contribution in [1.29, 1.82) is 0 Å². The molecule has 0 aliphatic heterocycles. The van der Waals surface area contributed by atoms with Gasteiger partial charge in [0.25, 0.3) is 0 Å². The Morgan fingerprint density at radius 3 is 2.50 bits per heavy atom. The third kappa shape index (κ3) is 2.79. The van der Waals surface area contributed by atoms with Gasteiger partial charge in [-0.15, -0.1) is 0 Å². The van der Waals surface area contributed by atoms with Gasteiger partial charge in [-0.2, -0.15) is 8.78 Å². The van der Waals surface area contributed by atoms with Crippen molar-refractivity contribution in [2.75, 3.05) is 0 Å². The van der Waals surface area contributed by atoms with Crippen LogP contribution in [-0.4, -0.2) is 17.8 Å². The number of ether oxygens (including phenoxy) is 1. The van der Waals surface area contributed by atoms with E-state index in [1.54, 1.807) is 18.2 Å². The molecule has 0 saturated heterocycles. The summed E-state index contributed by atoms with van der Waals surface area (Å²) in [6.07, 6.45) is 2.25. The first-order chi connectivity index (χ1) is 8.59. The number of aliphatic hydroxyl groups is 1. The van der Waals surface area contributed by atoms with Crippen molar-refractivity contribution in [2.24, 2.45) is 11.7 Å². The number of benzene rings is 1. The van der Waals surface area contributed by atoms with Crippen molar-refractivity contribution in [2.45, 2.75) is 38.0 Å². The quantitative estimate of drug-likeness (QED) is 0.851. The monoisotopic (exact) mass is 257 g/mol. The van der Waals surface area contributed by atoms with Crippen LogP contribution in [-0.2, 0) is 0 Å². The van der Waals surface area contributed by atoms with Crippen molar-refractivity contribution in [3.63, 3.8) is 0 Å². The molecule has 1 aliphatic rings. The Bertz CT molecular complexity index is 396. The molecule has 18 heavy (non-hydrogen) atoms. The number of para-hydroxylation sites is 1. The second kappa shape index (κ2) is 5.63. The molecular formula is C13H17F2NO2. The van der Waals surface area contributed by atoms with E-state index in [9.17, 15) is 13.9 Å². The standard InChI is InChI=1S/C13H17F2NO2/c14-13(15)18-10-7-2-1-6-9(10)11(16)12(17)8-4-3-5-8/h1-2,6-8,11-13,17H,3-5,16H2/t11-,12+/m1/s1. The van der Waals surface area contributed by atoms with E-state index in [-0.39, 0.29) is 11.7 Å². The Morgan fingerprint density at radius 1 is 1.28 bits per heavy atom. The van der Waals surface area contributed by atoms with Crippen LogP contribution in [0.1, 0.15) is 30.9 Å². The number of nitrogens with two attached hydrogens (primary N) is 1. The van der Waals surface area contributed by atoms with Crippen LogP contribution in [0.4, 0.5) is 8.78 Å². The molecule has 0 heterocycles. The summed E-state index contributed by atoms with van der Waals surface area (Å²) >= 11 is 0. The van der Waals surface area contributed by atoms with Crippen LogP contribution in [0.15, 0.2) is 24.3 Å². The fourth-order valence-electron chi connectivity index (χ4n) is 2.22. The summed E-state index contributed by atoms with van der Waals surface area (Å²) in [6, 6.07) is 5.66. The summed E-state index contributed by atoms with van der Waals surface area (Å²) in [5.41, 5.74) is 6.38. The van der Waals surface area contributed by atoms with Crippen LogP contribution in [0.3, 0.4) is 0 Å². The molecule has 0 radical (unpaired) electrons. The molecule has 1 saturated carbocycles. The Hall–Kier alpha value is -1.20. The van der Waals surface area contributed by atoms with E-state index in [0.29, 0.717) is 5.56 Å². The van der Waals surface area contributed by atoms with E-state index < -0.39 is 18.8 Å². The van der Waals surface area contributed by atoms with Crippen molar-refractivity contribution in [3.8, 4) is 5.75 Å². The maximum atomic E-state index is 12.3. The minimum absolute atomic E-state index is 0.0402. The topological polar surface area (TPSA) is 55.5 Å². The van der Waals surface area contributed by atoms with Gasteiger partial charge in [0.1, 0.15) is 5.75 Å². The summed E-state index contributed by atoms with van der Waals surface area (Å²) in [5.74, 6) is 0.206. The molecule has 1 aromatic carbocycles. The molecule has 3 nitrogen and oxygen atoms in total. The van der Waals surface area contributed by atoms with Crippen molar-refractivity contribution in [1.82, 2.24) is 0 Å². The van der Waals surface area contributed by atoms with Crippen LogP contribution in [0, 0.1) is 5.92 Å². The summed E-state index contributed by atoms with van der Waals surface area (Å²) in [5, 5.41) is 10.1. The summed E-state index contributed by atoms with van der Waals surface area (Å²) in [6.45, 7) is -2.89. The minimum Gasteiger partial charge on any atom is -0.434 e. The molecule has 0 amide bonds. The van der Waals surface area contributed by atoms with E-state index >= 15 is 0 Å². The highest BCUT2D eigenvalue weighted by Crippen LogP contribution is 2.36. The molecular weight excluding hydrogens is 240 g/mol. The van der Waals surface area contributed by atoms with E-state index in [1.807, 2.05) is 0 Å². The van der Waals surface area contributed by atoms with Gasteiger partial charge in [-0.1, -0.05) is 24.6 Å². The van der Waals surface area contributed by atoms with Crippen molar-refractivity contribution >= 4 is 0 Å². The van der Waals surface area contributed by atoms with Crippen LogP contribution >= 0.6 is 0 Å². The van der Waals surface area contributed by atoms with Gasteiger partial charge in [0.15, 0.2) is 0 Å². The lowest BCUT2D eigenvalue weighted by Gasteiger charge is -2.34. The molecule has 0 unspecified atom stereocenters. The highest BCUT2D eigenvalue weighted by Gasteiger charge is 2.32. The first kappa shape index (κ1) is 13.2. The van der Waals surface area contributed by atoms with E-state index in [2.05, 4.69) is 4.74 Å². The predicted octanol–water partition coefficient (Wildman–Crippen LogP) is 2.45. The molecule has 1 aromatic rings. The third-order valence-electron chi connectivity index (χ3n) is 3.49. The number of alkyl halides is 2. The highest BCUT2D eigenvalue weighted by molar-refractivity contribution is 5.36. The summed E-state index contributed by atoms with van der Waals surface area (Å²) < 4.78 is 29.0. The van der Waals surface area contributed by atoms with E-state index in [0.717, 1.165) is 19.3 Å². The Labute approximate surface area is 105 Å². The normalized spacial score (nSPS) is 19.4. The van der Waals surface area contributed by atoms with Gasteiger partial charge < -0.3 is 15.6 Å². The number of halogens is 2. The Morgan fingerprint density at radius 2 is 1.94 bits per heavy atom. The van der Waals surface area contributed by atoms with Gasteiger partial charge in [-0.05, 0) is 24.8 Å². The van der Waals surface area contributed by atoms with Crippen molar-refractivity contribution < 1.29 is 18.6 Å². The van der Waals surface area contributed by atoms with Gasteiger partial charge >= 0.3 is 6.61 Å². The molecule has 2 atom stereocenters. The molecule has 0 spiro atoms. The van der Waals surface area contributed by atoms with E-state index in [4.69, 9.17) is 5.73 Å². The number of aliphatic hydroxyl groups excluding tert-OH is 1. The lowest BCUT2D eigenvalue weighted by Crippen LogP contribution is -2.36. The zero-order chi connectivity index (χ0) is 13.1. The van der Waals surface area contributed by atoms with Gasteiger partial charge in [0, 0.05) is 5.56 Å². The fourth-order valence-corrected chi connectivity index (χ4v) is 2.22. The Kier molecular flexibility index (Phi) is 4.14. The molecule has 2 rings (SSSR count). The molecule has 1 aliphatic carbocycles. The van der Waals surface area contributed by atoms with E-state index in [1.165, 1.54) is 6.07 Å². The van der Waals surface area contributed by atoms with Gasteiger partial charge in [-0.25, -0.2) is 0 Å². The second-order valence-electron chi connectivity index (χ2n) is 4.62. The first-order valence-electron chi connectivity index (χ1n) is 6.07. The smallest absolute Gasteiger partial charge is 0.387 e. The van der Waals surface area contributed by atoms with Crippen LogP contribution in [0.25, 0.3) is 0 Å².